The number of nitrogens with zero attached hydrogens (tertiary/aromatic N) is 2. The van der Waals surface area contributed by atoms with Crippen LogP contribution in [0.1, 0.15) is 19.8 Å². The minimum atomic E-state index is 1.05. The molecule has 3 aromatic carbocycles. The SMILES string of the molecule is CCCCN1c2ccccc2N(c2ccccc2)c2ccccc21. The normalized spacial score (nSPS) is 12.7. The molecule has 24 heavy (non-hydrogen) atoms. The molecule has 1 aliphatic rings. The molecule has 3 aromatic rings. The van der Waals surface area contributed by atoms with Crippen LogP contribution >= 0.6 is 0 Å². The predicted octanol–water partition coefficient (Wildman–Crippen LogP) is 6.41. The molecule has 2 nitrogen and oxygen atoms in total. The molecular formula is C22H22N2. The monoisotopic (exact) mass is 314 g/mol. The van der Waals surface area contributed by atoms with Gasteiger partial charge in [0.25, 0.3) is 0 Å². The highest BCUT2D eigenvalue weighted by Crippen LogP contribution is 2.50. The van der Waals surface area contributed by atoms with Crippen LogP contribution in [-0.2, 0) is 0 Å². The topological polar surface area (TPSA) is 6.48 Å². The molecule has 0 unspecified atom stereocenters. The summed E-state index contributed by atoms with van der Waals surface area (Å²) < 4.78 is 0. The lowest BCUT2D eigenvalue weighted by molar-refractivity contribution is 0.783. The van der Waals surface area contributed by atoms with Gasteiger partial charge in [-0.05, 0) is 42.8 Å². The molecule has 0 N–H and O–H groups in total. The Morgan fingerprint density at radius 3 is 1.67 bits per heavy atom. The summed E-state index contributed by atoms with van der Waals surface area (Å²) in [7, 11) is 0. The summed E-state index contributed by atoms with van der Waals surface area (Å²) >= 11 is 0. The third-order valence-corrected chi connectivity index (χ3v) is 4.58. The molecule has 0 saturated heterocycles. The van der Waals surface area contributed by atoms with Crippen LogP contribution in [0.3, 0.4) is 0 Å². The zero-order chi connectivity index (χ0) is 16.4. The Morgan fingerprint density at radius 1 is 0.625 bits per heavy atom. The smallest absolute Gasteiger partial charge is 0.0699 e. The molecule has 0 saturated carbocycles. The van der Waals surface area contributed by atoms with Gasteiger partial charge in [-0.2, -0.15) is 0 Å². The van der Waals surface area contributed by atoms with Gasteiger partial charge in [-0.1, -0.05) is 55.8 Å². The number of rotatable bonds is 4. The third-order valence-electron chi connectivity index (χ3n) is 4.58. The van der Waals surface area contributed by atoms with Gasteiger partial charge >= 0.3 is 0 Å². The second kappa shape index (κ2) is 6.40. The van der Waals surface area contributed by atoms with Gasteiger partial charge in [-0.15, -0.1) is 0 Å². The summed E-state index contributed by atoms with van der Waals surface area (Å²) in [4.78, 5) is 4.83. The van der Waals surface area contributed by atoms with Crippen molar-refractivity contribution in [3.63, 3.8) is 0 Å². The van der Waals surface area contributed by atoms with Crippen molar-refractivity contribution >= 4 is 28.4 Å². The van der Waals surface area contributed by atoms with Crippen LogP contribution in [0.5, 0.6) is 0 Å². The van der Waals surface area contributed by atoms with Gasteiger partial charge in [0.05, 0.1) is 22.7 Å². The Hall–Kier alpha value is -2.74. The van der Waals surface area contributed by atoms with Crippen LogP contribution in [0.25, 0.3) is 0 Å². The number of unbranched alkanes of at least 4 members (excludes halogenated alkanes) is 1. The summed E-state index contributed by atoms with van der Waals surface area (Å²) in [5.41, 5.74) is 6.27. The van der Waals surface area contributed by atoms with Crippen LogP contribution in [0, 0.1) is 0 Å². The lowest BCUT2D eigenvalue weighted by Gasteiger charge is -2.40. The minimum Gasteiger partial charge on any atom is -0.338 e. The fourth-order valence-corrected chi connectivity index (χ4v) is 3.43. The molecule has 1 heterocycles. The third kappa shape index (κ3) is 2.44. The number of para-hydroxylation sites is 5. The Kier molecular flexibility index (Phi) is 3.96. The van der Waals surface area contributed by atoms with Crippen LogP contribution in [0.2, 0.25) is 0 Å². The highest BCUT2D eigenvalue weighted by Gasteiger charge is 2.28. The van der Waals surface area contributed by atoms with E-state index in [9.17, 15) is 0 Å². The van der Waals surface area contributed by atoms with E-state index in [1.165, 1.54) is 41.3 Å². The number of anilines is 5. The molecule has 0 bridgehead atoms. The van der Waals surface area contributed by atoms with Crippen molar-refractivity contribution in [2.45, 2.75) is 19.8 Å². The molecule has 0 spiro atoms. The average molecular weight is 314 g/mol. The second-order valence-corrected chi connectivity index (χ2v) is 6.15. The van der Waals surface area contributed by atoms with Crippen molar-refractivity contribution in [3.8, 4) is 0 Å². The number of hydrogen-bond acceptors (Lipinski definition) is 2. The largest absolute Gasteiger partial charge is 0.338 e. The van der Waals surface area contributed by atoms with Gasteiger partial charge < -0.3 is 9.80 Å². The molecule has 2 heteroatoms. The van der Waals surface area contributed by atoms with E-state index in [0.717, 1.165) is 6.54 Å². The average Bonchev–Trinajstić information content (AvgIpc) is 2.66. The molecule has 1 aliphatic heterocycles. The zero-order valence-corrected chi connectivity index (χ0v) is 14.0. The molecular weight excluding hydrogens is 292 g/mol. The van der Waals surface area contributed by atoms with Gasteiger partial charge in [-0.3, -0.25) is 0 Å². The van der Waals surface area contributed by atoms with E-state index >= 15 is 0 Å². The Labute approximate surface area is 144 Å². The highest BCUT2D eigenvalue weighted by atomic mass is 15.3. The Morgan fingerprint density at radius 2 is 1.12 bits per heavy atom. The van der Waals surface area contributed by atoms with E-state index in [0.29, 0.717) is 0 Å². The maximum absolute atomic E-state index is 2.47. The number of hydrogen-bond donors (Lipinski definition) is 0. The van der Waals surface area contributed by atoms with Crippen molar-refractivity contribution in [2.75, 3.05) is 16.3 Å². The van der Waals surface area contributed by atoms with Crippen LogP contribution in [0.15, 0.2) is 78.9 Å². The predicted molar refractivity (Wildman–Crippen MR) is 103 cm³/mol. The number of benzene rings is 3. The van der Waals surface area contributed by atoms with E-state index in [1.807, 2.05) is 0 Å². The van der Waals surface area contributed by atoms with E-state index in [1.54, 1.807) is 0 Å². The van der Waals surface area contributed by atoms with E-state index in [-0.39, 0.29) is 0 Å². The van der Waals surface area contributed by atoms with Crippen molar-refractivity contribution in [1.29, 1.82) is 0 Å². The van der Waals surface area contributed by atoms with Gasteiger partial charge in [0.1, 0.15) is 0 Å². The van der Waals surface area contributed by atoms with Crippen molar-refractivity contribution in [3.05, 3.63) is 78.9 Å². The molecule has 0 fully saturated rings. The lowest BCUT2D eigenvalue weighted by atomic mass is 10.1. The summed E-state index contributed by atoms with van der Waals surface area (Å²) in [6, 6.07) is 28.0. The molecule has 0 aliphatic carbocycles. The first-order chi connectivity index (χ1) is 11.9. The highest BCUT2D eigenvalue weighted by molar-refractivity contribution is 5.97. The summed E-state index contributed by atoms with van der Waals surface area (Å²) in [5.74, 6) is 0. The van der Waals surface area contributed by atoms with Crippen LogP contribution in [0.4, 0.5) is 28.4 Å². The number of fused-ring (bicyclic) bond motifs is 2. The zero-order valence-electron chi connectivity index (χ0n) is 14.0. The first kappa shape index (κ1) is 14.8. The summed E-state index contributed by atoms with van der Waals surface area (Å²) in [6.07, 6.45) is 2.39. The van der Waals surface area contributed by atoms with Gasteiger partial charge in [0.2, 0.25) is 0 Å². The quantitative estimate of drug-likeness (QED) is 0.549. The standard InChI is InChI=1S/C22H22N2/c1-2-3-17-23-19-13-7-9-15-21(19)24(18-11-5-4-6-12-18)22-16-10-8-14-20(22)23/h4-16H,2-3,17H2,1H3. The molecule has 0 atom stereocenters. The first-order valence-corrected chi connectivity index (χ1v) is 8.71. The fraction of sp³-hybridized carbons (Fsp3) is 0.182. The van der Waals surface area contributed by atoms with Crippen molar-refractivity contribution in [2.24, 2.45) is 0 Å². The van der Waals surface area contributed by atoms with Crippen LogP contribution in [-0.4, -0.2) is 6.54 Å². The minimum absolute atomic E-state index is 1.05. The lowest BCUT2D eigenvalue weighted by Crippen LogP contribution is -2.27. The molecule has 0 amide bonds. The molecule has 0 radical (unpaired) electrons. The Balaban J connectivity index is 1.92. The van der Waals surface area contributed by atoms with Gasteiger partial charge in [-0.25, -0.2) is 0 Å². The van der Waals surface area contributed by atoms with E-state index in [4.69, 9.17) is 0 Å². The first-order valence-electron chi connectivity index (χ1n) is 8.71. The second-order valence-electron chi connectivity index (χ2n) is 6.15. The van der Waals surface area contributed by atoms with Crippen molar-refractivity contribution < 1.29 is 0 Å². The maximum Gasteiger partial charge on any atom is 0.0699 e. The van der Waals surface area contributed by atoms with E-state index < -0.39 is 0 Å². The van der Waals surface area contributed by atoms with Crippen LogP contribution < -0.4 is 9.80 Å². The van der Waals surface area contributed by atoms with E-state index in [2.05, 4.69) is 95.6 Å². The maximum atomic E-state index is 2.47. The molecule has 0 aromatic heterocycles. The van der Waals surface area contributed by atoms with Gasteiger partial charge in [0, 0.05) is 12.2 Å². The van der Waals surface area contributed by atoms with Crippen molar-refractivity contribution in [1.82, 2.24) is 0 Å². The molecule has 4 rings (SSSR count). The van der Waals surface area contributed by atoms with Gasteiger partial charge in [0.15, 0.2) is 0 Å². The fourth-order valence-electron chi connectivity index (χ4n) is 3.43. The summed E-state index contributed by atoms with van der Waals surface area (Å²) in [6.45, 7) is 3.30. The Bertz CT molecular complexity index is 779. The summed E-state index contributed by atoms with van der Waals surface area (Å²) in [5, 5.41) is 0. The molecule has 120 valence electrons.